The molecule has 1 N–H and O–H groups in total. The number of benzene rings is 1. The normalized spacial score (nSPS) is 10.6. The van der Waals surface area contributed by atoms with Crippen LogP contribution in [0.1, 0.15) is 16.8 Å². The van der Waals surface area contributed by atoms with Crippen LogP contribution in [0.15, 0.2) is 47.5 Å². The summed E-state index contributed by atoms with van der Waals surface area (Å²) in [4.78, 5) is 4.56. The van der Waals surface area contributed by atoms with Crippen molar-refractivity contribution >= 4 is 11.8 Å². The van der Waals surface area contributed by atoms with E-state index in [1.54, 1.807) is 11.8 Å². The second-order valence-electron chi connectivity index (χ2n) is 4.14. The topological polar surface area (TPSA) is 33.1 Å². The number of hydrogen-bond donors (Lipinski definition) is 1. The molecule has 0 bridgehead atoms. The number of thioether (sulfide) groups is 1. The van der Waals surface area contributed by atoms with Crippen molar-refractivity contribution < 1.29 is 5.11 Å². The molecule has 0 spiro atoms. The summed E-state index contributed by atoms with van der Waals surface area (Å²) in [6.07, 6.45) is 0.683. The monoisotopic (exact) mass is 259 g/mol. The molecule has 0 saturated heterocycles. The molecule has 1 aromatic heterocycles. The SMILES string of the molecule is Cc1nc(SCc2ccccc2)ccc1CCO. The minimum Gasteiger partial charge on any atom is -0.396 e. The van der Waals surface area contributed by atoms with Gasteiger partial charge < -0.3 is 5.11 Å². The Bertz CT molecular complexity index is 499. The molecular weight excluding hydrogens is 242 g/mol. The van der Waals surface area contributed by atoms with E-state index in [2.05, 4.69) is 35.3 Å². The maximum Gasteiger partial charge on any atom is 0.0966 e. The summed E-state index contributed by atoms with van der Waals surface area (Å²) in [6, 6.07) is 14.5. The zero-order valence-electron chi connectivity index (χ0n) is 10.5. The van der Waals surface area contributed by atoms with Crippen molar-refractivity contribution in [1.82, 2.24) is 4.98 Å². The zero-order valence-corrected chi connectivity index (χ0v) is 11.3. The van der Waals surface area contributed by atoms with E-state index >= 15 is 0 Å². The lowest BCUT2D eigenvalue weighted by Gasteiger charge is -2.06. The molecule has 18 heavy (non-hydrogen) atoms. The smallest absolute Gasteiger partial charge is 0.0966 e. The minimum atomic E-state index is 0.180. The maximum absolute atomic E-state index is 8.93. The highest BCUT2D eigenvalue weighted by atomic mass is 32.2. The van der Waals surface area contributed by atoms with E-state index in [0.717, 1.165) is 22.0 Å². The average molecular weight is 259 g/mol. The van der Waals surface area contributed by atoms with E-state index in [1.165, 1.54) is 5.56 Å². The van der Waals surface area contributed by atoms with E-state index in [-0.39, 0.29) is 6.61 Å². The predicted octanol–water partition coefficient (Wildman–Crippen LogP) is 3.22. The largest absolute Gasteiger partial charge is 0.396 e. The van der Waals surface area contributed by atoms with Crippen LogP contribution in [-0.2, 0) is 12.2 Å². The van der Waals surface area contributed by atoms with Gasteiger partial charge in [0.25, 0.3) is 0 Å². The van der Waals surface area contributed by atoms with Crippen molar-refractivity contribution in [3.8, 4) is 0 Å². The molecule has 1 heterocycles. The second-order valence-corrected chi connectivity index (χ2v) is 5.14. The van der Waals surface area contributed by atoms with Gasteiger partial charge in [0, 0.05) is 18.1 Å². The summed E-state index contributed by atoms with van der Waals surface area (Å²) in [5.74, 6) is 0.937. The molecule has 2 aromatic rings. The molecule has 0 fully saturated rings. The number of pyridine rings is 1. The van der Waals surface area contributed by atoms with Crippen LogP contribution in [-0.4, -0.2) is 16.7 Å². The van der Waals surface area contributed by atoms with Crippen LogP contribution < -0.4 is 0 Å². The van der Waals surface area contributed by atoms with Crippen LogP contribution in [0, 0.1) is 6.92 Å². The Labute approximate surface area is 112 Å². The average Bonchev–Trinajstić information content (AvgIpc) is 2.41. The Morgan fingerprint density at radius 2 is 1.89 bits per heavy atom. The van der Waals surface area contributed by atoms with Gasteiger partial charge in [0.15, 0.2) is 0 Å². The van der Waals surface area contributed by atoms with E-state index in [0.29, 0.717) is 6.42 Å². The number of hydrogen-bond acceptors (Lipinski definition) is 3. The predicted molar refractivity (Wildman–Crippen MR) is 75.8 cm³/mol. The number of aryl methyl sites for hydroxylation is 1. The highest BCUT2D eigenvalue weighted by Gasteiger charge is 2.02. The van der Waals surface area contributed by atoms with E-state index in [1.807, 2.05) is 19.1 Å². The molecule has 3 heteroatoms. The van der Waals surface area contributed by atoms with Gasteiger partial charge in [0.05, 0.1) is 5.03 Å². The molecule has 0 aliphatic carbocycles. The molecule has 0 atom stereocenters. The molecule has 0 amide bonds. The van der Waals surface area contributed by atoms with E-state index in [4.69, 9.17) is 5.11 Å². The number of aliphatic hydroxyl groups is 1. The summed E-state index contributed by atoms with van der Waals surface area (Å²) < 4.78 is 0. The Hall–Kier alpha value is -1.32. The van der Waals surface area contributed by atoms with Crippen molar-refractivity contribution in [3.63, 3.8) is 0 Å². The lowest BCUT2D eigenvalue weighted by Crippen LogP contribution is -1.97. The lowest BCUT2D eigenvalue weighted by molar-refractivity contribution is 0.299. The van der Waals surface area contributed by atoms with Crippen LogP contribution in [0.4, 0.5) is 0 Å². The summed E-state index contributed by atoms with van der Waals surface area (Å²) in [6.45, 7) is 2.18. The fourth-order valence-electron chi connectivity index (χ4n) is 1.76. The van der Waals surface area contributed by atoms with Crippen molar-refractivity contribution in [2.75, 3.05) is 6.61 Å². The maximum atomic E-state index is 8.93. The third-order valence-corrected chi connectivity index (χ3v) is 3.78. The molecule has 0 saturated carbocycles. The first-order valence-electron chi connectivity index (χ1n) is 6.03. The fraction of sp³-hybridized carbons (Fsp3) is 0.267. The fourth-order valence-corrected chi connectivity index (χ4v) is 2.64. The summed E-state index contributed by atoms with van der Waals surface area (Å²) in [5, 5.41) is 9.97. The van der Waals surface area contributed by atoms with Crippen LogP contribution in [0.2, 0.25) is 0 Å². The highest BCUT2D eigenvalue weighted by molar-refractivity contribution is 7.98. The first-order valence-corrected chi connectivity index (χ1v) is 7.02. The van der Waals surface area contributed by atoms with Crippen LogP contribution in [0.5, 0.6) is 0 Å². The molecule has 1 aromatic carbocycles. The molecule has 0 aliphatic heterocycles. The van der Waals surface area contributed by atoms with Crippen molar-refractivity contribution in [3.05, 3.63) is 59.3 Å². The van der Waals surface area contributed by atoms with Gasteiger partial charge in [0.2, 0.25) is 0 Å². The van der Waals surface area contributed by atoms with Gasteiger partial charge in [-0.15, -0.1) is 11.8 Å². The van der Waals surface area contributed by atoms with Gasteiger partial charge in [-0.1, -0.05) is 36.4 Å². The van der Waals surface area contributed by atoms with Gasteiger partial charge >= 0.3 is 0 Å². The van der Waals surface area contributed by atoms with E-state index < -0.39 is 0 Å². The third-order valence-electron chi connectivity index (χ3n) is 2.78. The van der Waals surface area contributed by atoms with Crippen molar-refractivity contribution in [2.45, 2.75) is 24.1 Å². The Balaban J connectivity index is 2.00. The van der Waals surface area contributed by atoms with Gasteiger partial charge in [-0.05, 0) is 30.5 Å². The van der Waals surface area contributed by atoms with Gasteiger partial charge in [-0.3, -0.25) is 0 Å². The molecule has 94 valence electrons. The molecule has 2 nitrogen and oxygen atoms in total. The molecule has 2 rings (SSSR count). The molecule has 0 radical (unpaired) electrons. The number of aliphatic hydroxyl groups excluding tert-OH is 1. The lowest BCUT2D eigenvalue weighted by atomic mass is 10.1. The number of aromatic nitrogens is 1. The van der Waals surface area contributed by atoms with Crippen LogP contribution in [0.3, 0.4) is 0 Å². The Morgan fingerprint density at radius 1 is 1.11 bits per heavy atom. The minimum absolute atomic E-state index is 0.180. The van der Waals surface area contributed by atoms with Crippen molar-refractivity contribution in [1.29, 1.82) is 0 Å². The van der Waals surface area contributed by atoms with Crippen molar-refractivity contribution in [2.24, 2.45) is 0 Å². The summed E-state index contributed by atoms with van der Waals surface area (Å²) in [7, 11) is 0. The quantitative estimate of drug-likeness (QED) is 0.837. The summed E-state index contributed by atoms with van der Waals surface area (Å²) >= 11 is 1.74. The first kappa shape index (κ1) is 13.1. The Morgan fingerprint density at radius 3 is 2.56 bits per heavy atom. The molecule has 0 aliphatic rings. The van der Waals surface area contributed by atoms with E-state index in [9.17, 15) is 0 Å². The zero-order chi connectivity index (χ0) is 12.8. The van der Waals surface area contributed by atoms with Crippen LogP contribution in [0.25, 0.3) is 0 Å². The number of nitrogens with zero attached hydrogens (tertiary/aromatic N) is 1. The first-order chi connectivity index (χ1) is 8.79. The number of rotatable bonds is 5. The second kappa shape index (κ2) is 6.57. The van der Waals surface area contributed by atoms with Gasteiger partial charge in [-0.25, -0.2) is 4.98 Å². The third kappa shape index (κ3) is 3.59. The molecule has 0 unspecified atom stereocenters. The standard InChI is InChI=1S/C15H17NOS/c1-12-14(9-10-17)7-8-15(16-12)18-11-13-5-3-2-4-6-13/h2-8,17H,9-11H2,1H3. The summed E-state index contributed by atoms with van der Waals surface area (Å²) in [5.41, 5.74) is 3.45. The highest BCUT2D eigenvalue weighted by Crippen LogP contribution is 2.22. The Kier molecular flexibility index (Phi) is 4.79. The van der Waals surface area contributed by atoms with Crippen LogP contribution >= 0.6 is 11.8 Å². The van der Waals surface area contributed by atoms with Gasteiger partial charge in [0.1, 0.15) is 0 Å². The molecular formula is C15H17NOS. The van der Waals surface area contributed by atoms with Gasteiger partial charge in [-0.2, -0.15) is 0 Å².